The normalized spacial score (nSPS) is 17.9. The highest BCUT2D eigenvalue weighted by molar-refractivity contribution is 6.97. The van der Waals surface area contributed by atoms with E-state index >= 15 is 0 Å². The highest BCUT2D eigenvalue weighted by Gasteiger charge is 2.45. The topological polar surface area (TPSA) is 0 Å². The van der Waals surface area contributed by atoms with E-state index < -0.39 is 0 Å². The van der Waals surface area contributed by atoms with Crippen molar-refractivity contribution in [2.24, 2.45) is 0 Å². The molecule has 29 heavy (non-hydrogen) atoms. The summed E-state index contributed by atoms with van der Waals surface area (Å²) in [6, 6.07) is 36.2. The van der Waals surface area contributed by atoms with Gasteiger partial charge in [-0.2, -0.15) is 0 Å². The van der Waals surface area contributed by atoms with Crippen molar-refractivity contribution < 1.29 is 0 Å². The molecule has 2 aliphatic heterocycles. The summed E-state index contributed by atoms with van der Waals surface area (Å²) >= 11 is 0. The molecule has 2 heterocycles. The van der Waals surface area contributed by atoms with Crippen LogP contribution in [0.15, 0.2) is 97.1 Å². The van der Waals surface area contributed by atoms with Crippen LogP contribution < -0.4 is 16.4 Å². The SMILES string of the molecule is CC1(C)c2ccccc2B2c3ccccc3C(c3ccccc3)c3cccc1c32. The minimum absolute atomic E-state index is 0.00591. The molecule has 4 aromatic carbocycles. The van der Waals surface area contributed by atoms with Crippen molar-refractivity contribution in [2.45, 2.75) is 25.2 Å². The third-order valence-electron chi connectivity index (χ3n) is 7.11. The Labute approximate surface area is 173 Å². The molecular weight excluding hydrogens is 347 g/mol. The maximum Gasteiger partial charge on any atom is 0.242 e. The van der Waals surface area contributed by atoms with Crippen molar-refractivity contribution in [3.05, 3.63) is 125 Å². The molecule has 2 aliphatic rings. The highest BCUT2D eigenvalue weighted by atomic mass is 14.4. The van der Waals surface area contributed by atoms with Crippen molar-refractivity contribution in [3.63, 3.8) is 0 Å². The van der Waals surface area contributed by atoms with Gasteiger partial charge >= 0.3 is 0 Å². The van der Waals surface area contributed by atoms with E-state index in [4.69, 9.17) is 0 Å². The number of hydrogen-bond donors (Lipinski definition) is 0. The molecule has 0 aromatic heterocycles. The fourth-order valence-electron chi connectivity index (χ4n) is 5.85. The van der Waals surface area contributed by atoms with Crippen LogP contribution >= 0.6 is 0 Å². The van der Waals surface area contributed by atoms with Crippen molar-refractivity contribution in [2.75, 3.05) is 0 Å². The fraction of sp³-hybridized carbons (Fsp3) is 0.143. The smallest absolute Gasteiger partial charge is 0.0667 e. The number of rotatable bonds is 1. The van der Waals surface area contributed by atoms with Gasteiger partial charge < -0.3 is 0 Å². The third-order valence-corrected chi connectivity index (χ3v) is 7.11. The van der Waals surface area contributed by atoms with Crippen LogP contribution in [0, 0.1) is 0 Å². The number of benzene rings is 4. The Balaban J connectivity index is 1.74. The lowest BCUT2D eigenvalue weighted by Crippen LogP contribution is -2.64. The monoisotopic (exact) mass is 370 g/mol. The second kappa shape index (κ2) is 5.97. The molecule has 6 rings (SSSR count). The van der Waals surface area contributed by atoms with Crippen molar-refractivity contribution in [3.8, 4) is 0 Å². The molecule has 1 atom stereocenters. The molecule has 0 amide bonds. The summed E-state index contributed by atoms with van der Waals surface area (Å²) in [7, 11) is 0. The van der Waals surface area contributed by atoms with E-state index in [0.717, 1.165) is 0 Å². The van der Waals surface area contributed by atoms with E-state index in [1.165, 1.54) is 44.2 Å². The predicted octanol–water partition coefficient (Wildman–Crippen LogP) is 4.34. The lowest BCUT2D eigenvalue weighted by atomic mass is 9.28. The van der Waals surface area contributed by atoms with Gasteiger partial charge in [0.2, 0.25) is 6.71 Å². The van der Waals surface area contributed by atoms with Gasteiger partial charge in [0.05, 0.1) is 0 Å². The fourth-order valence-corrected chi connectivity index (χ4v) is 5.85. The molecule has 1 heteroatoms. The first kappa shape index (κ1) is 16.9. The van der Waals surface area contributed by atoms with Gasteiger partial charge in [-0.15, -0.1) is 0 Å². The second-order valence-corrected chi connectivity index (χ2v) is 8.93. The average molecular weight is 370 g/mol. The van der Waals surface area contributed by atoms with Crippen molar-refractivity contribution in [1.29, 1.82) is 0 Å². The summed E-state index contributed by atoms with van der Waals surface area (Å²) in [5, 5.41) is 0. The lowest BCUT2D eigenvalue weighted by Gasteiger charge is -2.44. The molecule has 0 nitrogen and oxygen atoms in total. The lowest BCUT2D eigenvalue weighted by molar-refractivity contribution is 0.644. The first-order valence-corrected chi connectivity index (χ1v) is 10.5. The Hall–Kier alpha value is -3.06. The van der Waals surface area contributed by atoms with E-state index in [1.54, 1.807) is 0 Å². The quantitative estimate of drug-likeness (QED) is 0.385. The maximum atomic E-state index is 2.38. The molecule has 1 unspecified atom stereocenters. The molecule has 0 spiro atoms. The number of fused-ring (bicyclic) bond motifs is 4. The zero-order chi connectivity index (χ0) is 19.6. The number of hydrogen-bond acceptors (Lipinski definition) is 0. The van der Waals surface area contributed by atoms with Crippen molar-refractivity contribution in [1.82, 2.24) is 0 Å². The summed E-state index contributed by atoms with van der Waals surface area (Å²) in [5.41, 5.74) is 11.7. The molecule has 0 saturated heterocycles. The first-order valence-electron chi connectivity index (χ1n) is 10.5. The Morgan fingerprint density at radius 2 is 1.21 bits per heavy atom. The molecule has 0 saturated carbocycles. The molecule has 0 fully saturated rings. The van der Waals surface area contributed by atoms with Gasteiger partial charge in [-0.25, -0.2) is 0 Å². The van der Waals surface area contributed by atoms with Gasteiger partial charge in [0.25, 0.3) is 0 Å². The summed E-state index contributed by atoms with van der Waals surface area (Å²) in [4.78, 5) is 0. The molecule has 0 N–H and O–H groups in total. The largest absolute Gasteiger partial charge is 0.242 e. The Morgan fingerprint density at radius 1 is 0.586 bits per heavy atom. The average Bonchev–Trinajstić information content (AvgIpc) is 2.77. The molecule has 4 aromatic rings. The van der Waals surface area contributed by atoms with Gasteiger partial charge in [-0.3, -0.25) is 0 Å². The van der Waals surface area contributed by atoms with Crippen LogP contribution in [0.25, 0.3) is 0 Å². The standard InChI is InChI=1S/C28H23B/c1-28(2)22-15-7-9-18-25(22)29-24-17-8-6-13-20(24)26(19-11-4-3-5-12-19)21-14-10-16-23(28)27(21)29/h3-18,26H,1-2H3. The minimum atomic E-state index is 0.00591. The van der Waals surface area contributed by atoms with Crippen LogP contribution in [-0.4, -0.2) is 6.71 Å². The van der Waals surface area contributed by atoms with Crippen LogP contribution in [-0.2, 0) is 5.41 Å². The summed E-state index contributed by atoms with van der Waals surface area (Å²) in [6.45, 7) is 5.09. The van der Waals surface area contributed by atoms with E-state index in [9.17, 15) is 0 Å². The highest BCUT2D eigenvalue weighted by Crippen LogP contribution is 2.40. The Kier molecular flexibility index (Phi) is 3.47. The van der Waals surface area contributed by atoms with Crippen LogP contribution in [0.5, 0.6) is 0 Å². The molecule has 0 aliphatic carbocycles. The van der Waals surface area contributed by atoms with Gasteiger partial charge in [0, 0.05) is 11.3 Å². The predicted molar refractivity (Wildman–Crippen MR) is 123 cm³/mol. The van der Waals surface area contributed by atoms with Crippen LogP contribution in [0.4, 0.5) is 0 Å². The van der Waals surface area contributed by atoms with E-state index in [1.807, 2.05) is 0 Å². The molecule has 0 radical (unpaired) electrons. The first-order chi connectivity index (χ1) is 14.2. The molecule has 0 bridgehead atoms. The Bertz CT molecular complexity index is 1240. The summed E-state index contributed by atoms with van der Waals surface area (Å²) < 4.78 is 0. The van der Waals surface area contributed by atoms with E-state index in [2.05, 4.69) is 111 Å². The molecule has 138 valence electrons. The zero-order valence-electron chi connectivity index (χ0n) is 16.9. The third kappa shape index (κ3) is 2.22. The maximum absolute atomic E-state index is 2.38. The van der Waals surface area contributed by atoms with E-state index in [0.29, 0.717) is 12.6 Å². The second-order valence-electron chi connectivity index (χ2n) is 8.93. The van der Waals surface area contributed by atoms with E-state index in [-0.39, 0.29) is 5.41 Å². The van der Waals surface area contributed by atoms with Crippen molar-refractivity contribution >= 4 is 23.1 Å². The van der Waals surface area contributed by atoms with Crippen LogP contribution in [0.1, 0.15) is 47.6 Å². The minimum Gasteiger partial charge on any atom is -0.0667 e. The van der Waals surface area contributed by atoms with Gasteiger partial charge in [-0.1, -0.05) is 127 Å². The summed E-state index contributed by atoms with van der Waals surface area (Å²) in [5.74, 6) is 0.291. The van der Waals surface area contributed by atoms with Gasteiger partial charge in [0.15, 0.2) is 0 Å². The van der Waals surface area contributed by atoms with Gasteiger partial charge in [0.1, 0.15) is 0 Å². The van der Waals surface area contributed by atoms with Crippen LogP contribution in [0.3, 0.4) is 0 Å². The van der Waals surface area contributed by atoms with Crippen LogP contribution in [0.2, 0.25) is 0 Å². The van der Waals surface area contributed by atoms with Gasteiger partial charge in [-0.05, 0) is 27.8 Å². The summed E-state index contributed by atoms with van der Waals surface area (Å²) in [6.07, 6.45) is 0. The zero-order valence-corrected chi connectivity index (χ0v) is 16.9. The molecular formula is C28H23B. The Morgan fingerprint density at radius 3 is 2.03 bits per heavy atom.